The Kier molecular flexibility index (Phi) is 6.26. The van der Waals surface area contributed by atoms with Gasteiger partial charge in [0.25, 0.3) is 0 Å². The summed E-state index contributed by atoms with van der Waals surface area (Å²) in [6, 6.07) is 13.7. The zero-order valence-corrected chi connectivity index (χ0v) is 20.4. The van der Waals surface area contributed by atoms with Crippen molar-refractivity contribution in [3.8, 4) is 28.5 Å². The minimum Gasteiger partial charge on any atom is -0.493 e. The summed E-state index contributed by atoms with van der Waals surface area (Å²) in [5, 5.41) is 16.8. The molecule has 0 bridgehead atoms. The number of pyridine rings is 1. The van der Waals surface area contributed by atoms with Crippen molar-refractivity contribution in [2.24, 2.45) is 0 Å². The number of halogens is 1. The molecule has 0 spiro atoms. The van der Waals surface area contributed by atoms with Gasteiger partial charge in [0.2, 0.25) is 12.3 Å². The lowest BCUT2D eigenvalue weighted by Gasteiger charge is -2.33. The Bertz CT molecular complexity index is 1570. The predicted molar refractivity (Wildman–Crippen MR) is 139 cm³/mol. The minimum absolute atomic E-state index is 0.0239. The standard InChI is InChI=1S/C27H25FN8O2/c28-20-4-2-19(3-5-20)26-27(22-6-7-24-32-23(31-17-37)15-36(24)33-22)35(16-30-26)21-9-11-34(12-10-21)14-18-1-8-25(38)29-13-18/h1-8,13,15-17,21H,9-12,14H2,(H,29,38)(H,31,37). The highest BCUT2D eigenvalue weighted by Gasteiger charge is 2.26. The van der Waals surface area contributed by atoms with Gasteiger partial charge in [0, 0.05) is 43.5 Å². The normalized spacial score (nSPS) is 14.7. The Hall–Kier alpha value is -4.64. The van der Waals surface area contributed by atoms with Crippen molar-refractivity contribution in [2.75, 3.05) is 18.4 Å². The van der Waals surface area contributed by atoms with Crippen LogP contribution >= 0.6 is 0 Å². The molecule has 0 radical (unpaired) electrons. The van der Waals surface area contributed by atoms with Crippen LogP contribution in [0, 0.1) is 5.82 Å². The first-order chi connectivity index (χ1) is 18.6. The van der Waals surface area contributed by atoms with Crippen LogP contribution in [0.5, 0.6) is 5.88 Å². The number of likely N-dealkylation sites (tertiary alicyclic amines) is 1. The number of carbonyl (C=O) groups is 1. The zero-order valence-electron chi connectivity index (χ0n) is 20.4. The Balaban J connectivity index is 1.32. The van der Waals surface area contributed by atoms with Gasteiger partial charge in [-0.25, -0.2) is 23.9 Å². The van der Waals surface area contributed by atoms with Crippen molar-refractivity contribution < 1.29 is 14.3 Å². The molecule has 0 aliphatic carbocycles. The summed E-state index contributed by atoms with van der Waals surface area (Å²) in [6.07, 6.45) is 7.61. The van der Waals surface area contributed by atoms with Gasteiger partial charge < -0.3 is 15.0 Å². The molecule has 192 valence electrons. The van der Waals surface area contributed by atoms with Gasteiger partial charge in [0.15, 0.2) is 11.5 Å². The fourth-order valence-electron chi connectivity index (χ4n) is 4.97. The highest BCUT2D eigenvalue weighted by molar-refractivity contribution is 5.77. The van der Waals surface area contributed by atoms with Crippen LogP contribution in [0.2, 0.25) is 0 Å². The van der Waals surface area contributed by atoms with Crippen molar-refractivity contribution in [3.05, 3.63) is 78.6 Å². The number of piperidine rings is 1. The van der Waals surface area contributed by atoms with Crippen LogP contribution in [-0.4, -0.2) is 58.6 Å². The summed E-state index contributed by atoms with van der Waals surface area (Å²) in [5.74, 6) is 0.128. The molecular weight excluding hydrogens is 487 g/mol. The van der Waals surface area contributed by atoms with Gasteiger partial charge in [-0.1, -0.05) is 6.07 Å². The lowest BCUT2D eigenvalue weighted by atomic mass is 10.0. The van der Waals surface area contributed by atoms with Crippen LogP contribution in [0.15, 0.2) is 67.3 Å². The molecule has 0 saturated carbocycles. The van der Waals surface area contributed by atoms with Crippen molar-refractivity contribution in [1.82, 2.24) is 34.0 Å². The molecule has 0 unspecified atom stereocenters. The van der Waals surface area contributed by atoms with Crippen molar-refractivity contribution >= 4 is 17.9 Å². The van der Waals surface area contributed by atoms with Gasteiger partial charge in [0.05, 0.1) is 23.9 Å². The molecular formula is C27H25FN8O2. The highest BCUT2D eigenvalue weighted by atomic mass is 19.1. The smallest absolute Gasteiger partial charge is 0.212 e. The zero-order chi connectivity index (χ0) is 26.1. The molecule has 1 saturated heterocycles. The second-order valence-electron chi connectivity index (χ2n) is 9.30. The predicted octanol–water partition coefficient (Wildman–Crippen LogP) is 3.90. The van der Waals surface area contributed by atoms with Crippen LogP contribution in [0.3, 0.4) is 0 Å². The number of rotatable bonds is 7. The van der Waals surface area contributed by atoms with E-state index in [-0.39, 0.29) is 17.7 Å². The number of nitrogens with one attached hydrogen (secondary N) is 1. The van der Waals surface area contributed by atoms with Gasteiger partial charge in [-0.2, -0.15) is 5.10 Å². The van der Waals surface area contributed by atoms with Gasteiger partial charge in [-0.3, -0.25) is 9.69 Å². The monoisotopic (exact) mass is 512 g/mol. The van der Waals surface area contributed by atoms with E-state index in [2.05, 4.69) is 24.8 Å². The molecule has 1 aromatic carbocycles. The Labute approximate surface area is 217 Å². The molecule has 1 aliphatic heterocycles. The van der Waals surface area contributed by atoms with Crippen LogP contribution in [0.1, 0.15) is 24.4 Å². The third-order valence-corrected chi connectivity index (χ3v) is 6.85. The summed E-state index contributed by atoms with van der Waals surface area (Å²) < 4.78 is 17.5. The summed E-state index contributed by atoms with van der Waals surface area (Å²) in [7, 11) is 0. The number of aromatic hydroxyl groups is 1. The number of nitrogens with zero attached hydrogens (tertiary/aromatic N) is 7. The minimum atomic E-state index is -0.306. The molecule has 10 nitrogen and oxygen atoms in total. The number of hydrogen-bond donors (Lipinski definition) is 2. The maximum absolute atomic E-state index is 13.7. The second kappa shape index (κ2) is 10.0. The molecule has 5 heterocycles. The number of imidazole rings is 2. The van der Waals surface area contributed by atoms with E-state index in [1.54, 1.807) is 35.1 Å². The average Bonchev–Trinajstić information content (AvgIpc) is 3.55. The first kappa shape index (κ1) is 23.7. The van der Waals surface area contributed by atoms with Crippen LogP contribution in [0.4, 0.5) is 10.2 Å². The van der Waals surface area contributed by atoms with Crippen molar-refractivity contribution in [1.29, 1.82) is 0 Å². The number of benzene rings is 1. The molecule has 0 atom stereocenters. The number of amides is 1. The third kappa shape index (κ3) is 4.71. The molecule has 38 heavy (non-hydrogen) atoms. The molecule has 1 amide bonds. The fraction of sp³-hybridized carbons (Fsp3) is 0.222. The lowest BCUT2D eigenvalue weighted by molar-refractivity contribution is -0.105. The molecule has 6 rings (SSSR count). The largest absolute Gasteiger partial charge is 0.493 e. The van der Waals surface area contributed by atoms with E-state index in [1.165, 1.54) is 12.1 Å². The molecule has 5 aromatic rings. The number of carbonyl (C=O) groups excluding carboxylic acids is 1. The maximum atomic E-state index is 13.7. The summed E-state index contributed by atoms with van der Waals surface area (Å²) >= 11 is 0. The fourth-order valence-corrected chi connectivity index (χ4v) is 4.97. The van der Waals surface area contributed by atoms with Crippen molar-refractivity contribution in [3.63, 3.8) is 0 Å². The third-order valence-electron chi connectivity index (χ3n) is 6.85. The number of anilines is 1. The average molecular weight is 513 g/mol. The first-order valence-electron chi connectivity index (χ1n) is 12.3. The summed E-state index contributed by atoms with van der Waals surface area (Å²) in [5.41, 5.74) is 4.73. The van der Waals surface area contributed by atoms with Gasteiger partial charge in [0.1, 0.15) is 11.5 Å². The van der Waals surface area contributed by atoms with Gasteiger partial charge in [-0.05, 0) is 54.8 Å². The van der Waals surface area contributed by atoms with Crippen molar-refractivity contribution in [2.45, 2.75) is 25.4 Å². The van der Waals surface area contributed by atoms with E-state index in [4.69, 9.17) is 10.1 Å². The van der Waals surface area contributed by atoms with E-state index in [0.29, 0.717) is 23.6 Å². The van der Waals surface area contributed by atoms with Crippen LogP contribution in [-0.2, 0) is 11.3 Å². The second-order valence-corrected chi connectivity index (χ2v) is 9.30. The van der Waals surface area contributed by atoms with Gasteiger partial charge >= 0.3 is 0 Å². The van der Waals surface area contributed by atoms with Crippen LogP contribution in [0.25, 0.3) is 28.3 Å². The quantitative estimate of drug-likeness (QED) is 0.318. The van der Waals surface area contributed by atoms with E-state index in [9.17, 15) is 14.3 Å². The van der Waals surface area contributed by atoms with E-state index < -0.39 is 0 Å². The van der Waals surface area contributed by atoms with E-state index in [1.807, 2.05) is 24.5 Å². The van der Waals surface area contributed by atoms with E-state index >= 15 is 0 Å². The molecule has 1 fully saturated rings. The number of aromatic nitrogens is 6. The SMILES string of the molecule is O=CNc1cn2nc(-c3c(-c4ccc(F)cc4)ncn3C3CCN(Cc4ccc(O)nc4)CC3)ccc2n1. The molecule has 4 aromatic heterocycles. The van der Waals surface area contributed by atoms with Crippen LogP contribution < -0.4 is 5.32 Å². The molecule has 2 N–H and O–H groups in total. The highest BCUT2D eigenvalue weighted by Crippen LogP contribution is 2.35. The number of fused-ring (bicyclic) bond motifs is 1. The molecule has 11 heteroatoms. The Morgan fingerprint density at radius 3 is 2.61 bits per heavy atom. The Morgan fingerprint density at radius 1 is 1.05 bits per heavy atom. The number of hydrogen-bond acceptors (Lipinski definition) is 7. The summed E-state index contributed by atoms with van der Waals surface area (Å²) in [6.45, 7) is 2.56. The Morgan fingerprint density at radius 2 is 1.87 bits per heavy atom. The first-order valence-corrected chi connectivity index (χ1v) is 12.3. The topological polar surface area (TPSA) is 113 Å². The lowest BCUT2D eigenvalue weighted by Crippen LogP contribution is -2.34. The molecule has 1 aliphatic rings. The van der Waals surface area contributed by atoms with E-state index in [0.717, 1.165) is 55.0 Å². The summed E-state index contributed by atoms with van der Waals surface area (Å²) in [4.78, 5) is 26.3. The maximum Gasteiger partial charge on any atom is 0.212 e. The van der Waals surface area contributed by atoms with Gasteiger partial charge in [-0.15, -0.1) is 0 Å².